The van der Waals surface area contributed by atoms with Crippen LogP contribution in [0.5, 0.6) is 17.2 Å². The number of allylic oxidation sites excluding steroid dienone is 1. The molecule has 0 aromatic heterocycles. The van der Waals surface area contributed by atoms with Crippen LogP contribution in [0.25, 0.3) is 0 Å². The molecule has 1 aliphatic heterocycles. The minimum atomic E-state index is -0.779. The summed E-state index contributed by atoms with van der Waals surface area (Å²) in [6.07, 6.45) is 1.44. The molecule has 45 heavy (non-hydrogen) atoms. The molecule has 0 radical (unpaired) electrons. The van der Waals surface area contributed by atoms with Gasteiger partial charge in [0.1, 0.15) is 6.61 Å². The van der Waals surface area contributed by atoms with Crippen LogP contribution in [-0.4, -0.2) is 44.4 Å². The zero-order valence-electron chi connectivity index (χ0n) is 24.4. The topological polar surface area (TPSA) is 137 Å². The number of benzene rings is 3. The van der Waals surface area contributed by atoms with Crippen molar-refractivity contribution in [3.63, 3.8) is 0 Å². The van der Waals surface area contributed by atoms with Crippen molar-refractivity contribution < 1.29 is 33.3 Å². The molecule has 3 aromatic rings. The fourth-order valence-electron chi connectivity index (χ4n) is 4.29. The molecule has 11 nitrogen and oxygen atoms in total. The van der Waals surface area contributed by atoms with Crippen molar-refractivity contribution in [3.8, 4) is 17.2 Å². The second-order valence-corrected chi connectivity index (χ2v) is 11.7. The molecule has 3 aromatic carbocycles. The number of carbonyl (C=O) groups excluding carboxylic acids is 3. The van der Waals surface area contributed by atoms with E-state index in [-0.39, 0.29) is 24.5 Å². The van der Waals surface area contributed by atoms with Gasteiger partial charge in [-0.05, 0) is 82.9 Å². The van der Waals surface area contributed by atoms with Crippen molar-refractivity contribution in [1.82, 2.24) is 16.1 Å². The van der Waals surface area contributed by atoms with Crippen LogP contribution < -0.4 is 30.3 Å². The predicted octanol–water partition coefficient (Wildman–Crippen LogP) is 6.17. The Morgan fingerprint density at radius 3 is 2.51 bits per heavy atom. The number of rotatable bonds is 12. The molecule has 236 valence electrons. The number of carbonyl (C=O) groups is 3. The second-order valence-electron chi connectivity index (χ2n) is 9.51. The van der Waals surface area contributed by atoms with Gasteiger partial charge in [0.2, 0.25) is 0 Å². The summed E-state index contributed by atoms with van der Waals surface area (Å²) in [5, 5.41) is 9.68. The van der Waals surface area contributed by atoms with Gasteiger partial charge in [-0.2, -0.15) is 5.10 Å². The Labute approximate surface area is 281 Å². The third kappa shape index (κ3) is 8.99. The first kappa shape index (κ1) is 33.8. The molecular weight excluding hydrogens is 736 g/mol. The Hall–Kier alpha value is -4.07. The van der Waals surface area contributed by atoms with E-state index >= 15 is 0 Å². The highest BCUT2D eigenvalue weighted by Crippen LogP contribution is 2.36. The van der Waals surface area contributed by atoms with E-state index in [1.165, 1.54) is 13.3 Å². The zero-order valence-corrected chi connectivity index (χ0v) is 28.3. The van der Waals surface area contributed by atoms with Crippen LogP contribution in [0.1, 0.15) is 36.6 Å². The molecule has 0 unspecified atom stereocenters. The van der Waals surface area contributed by atoms with E-state index in [4.69, 9.17) is 30.5 Å². The molecule has 0 saturated carbocycles. The second kappa shape index (κ2) is 15.8. The minimum Gasteiger partial charge on any atom is -0.493 e. The number of hydrazone groups is 1. The molecule has 0 fully saturated rings. The van der Waals surface area contributed by atoms with E-state index in [9.17, 15) is 14.4 Å². The van der Waals surface area contributed by atoms with E-state index < -0.39 is 23.9 Å². The number of hydrogen-bond acceptors (Lipinski definition) is 8. The van der Waals surface area contributed by atoms with Crippen LogP contribution in [0.4, 0.5) is 4.79 Å². The van der Waals surface area contributed by atoms with E-state index in [0.29, 0.717) is 44.4 Å². The average Bonchev–Trinajstić information content (AvgIpc) is 3.00. The molecule has 1 atom stereocenters. The molecule has 0 aliphatic carbocycles. The third-order valence-electron chi connectivity index (χ3n) is 6.36. The average molecular weight is 765 g/mol. The highest BCUT2D eigenvalue weighted by atomic mass is 79.9. The van der Waals surface area contributed by atoms with Gasteiger partial charge in [-0.15, -0.1) is 0 Å². The zero-order chi connectivity index (χ0) is 32.5. The van der Waals surface area contributed by atoms with E-state index in [2.05, 4.69) is 53.0 Å². The van der Waals surface area contributed by atoms with Crippen molar-refractivity contribution in [1.29, 1.82) is 0 Å². The summed E-state index contributed by atoms with van der Waals surface area (Å²) < 4.78 is 23.8. The van der Waals surface area contributed by atoms with Crippen LogP contribution in [0.15, 0.2) is 79.9 Å². The summed E-state index contributed by atoms with van der Waals surface area (Å²) >= 11 is 13.3. The number of urea groups is 1. The van der Waals surface area contributed by atoms with Crippen molar-refractivity contribution in [2.45, 2.75) is 26.5 Å². The van der Waals surface area contributed by atoms with E-state index in [1.807, 2.05) is 24.3 Å². The van der Waals surface area contributed by atoms with Crippen LogP contribution in [0.3, 0.4) is 0 Å². The lowest BCUT2D eigenvalue weighted by atomic mass is 9.95. The van der Waals surface area contributed by atoms with Gasteiger partial charge in [-0.25, -0.2) is 15.0 Å². The summed E-state index contributed by atoms with van der Waals surface area (Å²) in [6.45, 7) is 3.47. The molecule has 14 heteroatoms. The van der Waals surface area contributed by atoms with Crippen molar-refractivity contribution in [2.24, 2.45) is 5.10 Å². The van der Waals surface area contributed by atoms with Crippen molar-refractivity contribution in [3.05, 3.63) is 96.5 Å². The number of halogens is 3. The Bertz CT molecular complexity index is 1620. The lowest BCUT2D eigenvalue weighted by Gasteiger charge is -2.28. The first-order chi connectivity index (χ1) is 21.6. The fourth-order valence-corrected chi connectivity index (χ4v) is 5.54. The van der Waals surface area contributed by atoms with Gasteiger partial charge in [0.05, 0.1) is 41.0 Å². The summed E-state index contributed by atoms with van der Waals surface area (Å²) in [7, 11) is 1.44. The quantitative estimate of drug-likeness (QED) is 0.114. The molecule has 3 N–H and O–H groups in total. The maximum Gasteiger partial charge on any atom is 0.338 e. The summed E-state index contributed by atoms with van der Waals surface area (Å²) in [6, 6.07) is 14.8. The van der Waals surface area contributed by atoms with Crippen LogP contribution in [0, 0.1) is 0 Å². The van der Waals surface area contributed by atoms with Gasteiger partial charge < -0.3 is 29.6 Å². The van der Waals surface area contributed by atoms with Gasteiger partial charge in [0.25, 0.3) is 5.91 Å². The number of nitrogens with one attached hydrogen (secondary N) is 3. The highest BCUT2D eigenvalue weighted by Gasteiger charge is 2.32. The molecule has 0 spiro atoms. The molecule has 1 aliphatic rings. The minimum absolute atomic E-state index is 0.179. The lowest BCUT2D eigenvalue weighted by molar-refractivity contribution is -0.139. The third-order valence-corrected chi connectivity index (χ3v) is 7.76. The number of esters is 1. The summed E-state index contributed by atoms with van der Waals surface area (Å²) in [5.41, 5.74) is 5.21. The first-order valence-corrected chi connectivity index (χ1v) is 15.5. The van der Waals surface area contributed by atoms with Gasteiger partial charge in [0.15, 0.2) is 23.9 Å². The number of hydrogen-bond donors (Lipinski definition) is 3. The van der Waals surface area contributed by atoms with Gasteiger partial charge in [0, 0.05) is 10.2 Å². The Kier molecular flexibility index (Phi) is 11.9. The fraction of sp³-hybridized carbons (Fsp3) is 0.226. The summed E-state index contributed by atoms with van der Waals surface area (Å²) in [4.78, 5) is 37.2. The largest absolute Gasteiger partial charge is 0.493 e. The van der Waals surface area contributed by atoms with Crippen molar-refractivity contribution >= 4 is 67.6 Å². The Balaban J connectivity index is 1.35. The highest BCUT2D eigenvalue weighted by molar-refractivity contribution is 9.10. The lowest BCUT2D eigenvalue weighted by Crippen LogP contribution is -2.45. The van der Waals surface area contributed by atoms with Crippen molar-refractivity contribution in [2.75, 3.05) is 20.3 Å². The van der Waals surface area contributed by atoms with Gasteiger partial charge >= 0.3 is 12.0 Å². The van der Waals surface area contributed by atoms with Gasteiger partial charge in [-0.1, -0.05) is 45.7 Å². The van der Waals surface area contributed by atoms with E-state index in [1.54, 1.807) is 44.2 Å². The number of ether oxygens (including phenoxy) is 4. The maximum atomic E-state index is 12.6. The Morgan fingerprint density at radius 2 is 1.82 bits per heavy atom. The first-order valence-electron chi connectivity index (χ1n) is 13.5. The number of nitrogens with zero attached hydrogens (tertiary/aromatic N) is 1. The van der Waals surface area contributed by atoms with E-state index in [0.717, 1.165) is 10.0 Å². The molecule has 4 rings (SSSR count). The molecule has 1 heterocycles. The molecule has 0 saturated heterocycles. The number of methoxy groups -OCH3 is 1. The molecule has 3 amide bonds. The number of amides is 3. The molecule has 0 bridgehead atoms. The smallest absolute Gasteiger partial charge is 0.338 e. The maximum absolute atomic E-state index is 12.6. The van der Waals surface area contributed by atoms with Crippen LogP contribution >= 0.6 is 43.5 Å². The normalized spacial score (nSPS) is 14.4. The molecular formula is C31H29Br2ClN4O7. The predicted molar refractivity (Wildman–Crippen MR) is 176 cm³/mol. The standard InChI is InChI=1S/C31H29Br2ClN4O7/c1-4-43-30(40)27-17(2)36-31(41)37-28(27)20-7-10-24(25(13-20)42-3)44-16-26(39)38-35-14-19-11-22(33)29(23(34)12-19)45-15-18-5-8-21(32)9-6-18/h5-14,28H,4,15-16H2,1-3H3,(H,38,39)(H2,36,37,41)/b35-14-/t28-/m0/s1. The van der Waals surface area contributed by atoms with Crippen LogP contribution in [-0.2, 0) is 20.9 Å². The summed E-state index contributed by atoms with van der Waals surface area (Å²) in [5.74, 6) is -0.0295. The van der Waals surface area contributed by atoms with Crippen LogP contribution in [0.2, 0.25) is 5.02 Å². The SMILES string of the molecule is CCOC(=O)C1=C(C)NC(=O)N[C@H]1c1ccc(OCC(=O)N/N=C\c2cc(Cl)c(OCc3ccc(Br)cc3)c(Br)c2)c(OC)c1. The van der Waals surface area contributed by atoms with Gasteiger partial charge in [-0.3, -0.25) is 4.79 Å². The monoisotopic (exact) mass is 762 g/mol. The Morgan fingerprint density at radius 1 is 1.07 bits per heavy atom.